The van der Waals surface area contributed by atoms with E-state index < -0.39 is 0 Å². The number of thioether (sulfide) groups is 1. The average molecular weight is 312 g/mol. The molecule has 1 saturated carbocycles. The van der Waals surface area contributed by atoms with E-state index in [1.165, 1.54) is 46.5 Å². The zero-order valence-corrected chi connectivity index (χ0v) is 14.2. The van der Waals surface area contributed by atoms with E-state index in [0.29, 0.717) is 6.04 Å². The van der Waals surface area contributed by atoms with Gasteiger partial charge in [-0.25, -0.2) is 4.98 Å². The lowest BCUT2D eigenvalue weighted by Gasteiger charge is -2.32. The Hall–Kier alpha value is -0.260. The van der Waals surface area contributed by atoms with Gasteiger partial charge in [-0.05, 0) is 26.2 Å². The molecule has 0 bridgehead atoms. The molecule has 1 aliphatic heterocycles. The van der Waals surface area contributed by atoms with Crippen LogP contribution in [0, 0.1) is 0 Å². The maximum atomic E-state index is 4.97. The lowest BCUT2D eigenvalue weighted by molar-refractivity contribution is 0.683. The van der Waals surface area contributed by atoms with Gasteiger partial charge in [-0.1, -0.05) is 13.3 Å². The molecule has 2 heterocycles. The van der Waals surface area contributed by atoms with Crippen LogP contribution in [0.2, 0.25) is 0 Å². The zero-order chi connectivity index (χ0) is 13.9. The van der Waals surface area contributed by atoms with Crippen molar-refractivity contribution in [1.29, 1.82) is 0 Å². The average Bonchev–Trinajstić information content (AvgIpc) is 3.19. The molecule has 0 aromatic carbocycles. The van der Waals surface area contributed by atoms with E-state index in [1.54, 1.807) is 0 Å². The van der Waals surface area contributed by atoms with Crippen molar-refractivity contribution in [1.82, 2.24) is 10.3 Å². The first-order valence-electron chi connectivity index (χ1n) is 7.84. The van der Waals surface area contributed by atoms with Gasteiger partial charge < -0.3 is 10.2 Å². The summed E-state index contributed by atoms with van der Waals surface area (Å²) in [6.07, 6.45) is 5.02. The minimum Gasteiger partial charge on any atom is -0.344 e. The van der Waals surface area contributed by atoms with E-state index in [1.807, 2.05) is 11.3 Å². The smallest absolute Gasteiger partial charge is 0.186 e. The Bertz CT molecular complexity index is 442. The van der Waals surface area contributed by atoms with Gasteiger partial charge in [-0.3, -0.25) is 0 Å². The van der Waals surface area contributed by atoms with Crippen LogP contribution in [0.3, 0.4) is 0 Å². The quantitative estimate of drug-likeness (QED) is 0.872. The standard InChI is InChI=1S/C15H25N3S2/c1-3-4-13-14(9-16-12-5-6-12)20-15(17-13)18-7-8-19-10-11(18)2/h11-12,16H,3-10H2,1-2H3. The highest BCUT2D eigenvalue weighted by atomic mass is 32.2. The van der Waals surface area contributed by atoms with Crippen molar-refractivity contribution < 1.29 is 0 Å². The molecule has 1 aliphatic carbocycles. The van der Waals surface area contributed by atoms with Crippen molar-refractivity contribution in [2.45, 2.75) is 58.2 Å². The summed E-state index contributed by atoms with van der Waals surface area (Å²) in [5, 5.41) is 4.91. The number of nitrogens with zero attached hydrogens (tertiary/aromatic N) is 2. The van der Waals surface area contributed by atoms with Gasteiger partial charge in [-0.15, -0.1) is 11.3 Å². The molecule has 3 rings (SSSR count). The lowest BCUT2D eigenvalue weighted by atomic mass is 10.2. The molecule has 112 valence electrons. The van der Waals surface area contributed by atoms with E-state index in [0.717, 1.165) is 25.6 Å². The van der Waals surface area contributed by atoms with Crippen molar-refractivity contribution in [2.24, 2.45) is 0 Å². The fourth-order valence-corrected chi connectivity index (χ4v) is 4.80. The summed E-state index contributed by atoms with van der Waals surface area (Å²) in [6.45, 7) is 6.75. The summed E-state index contributed by atoms with van der Waals surface area (Å²) in [5.74, 6) is 2.47. The molecule has 1 unspecified atom stereocenters. The third kappa shape index (κ3) is 3.49. The molecule has 0 spiro atoms. The minimum absolute atomic E-state index is 0.624. The predicted octanol–water partition coefficient (Wildman–Crippen LogP) is 3.29. The van der Waals surface area contributed by atoms with Crippen molar-refractivity contribution in [2.75, 3.05) is 23.0 Å². The Labute approximate surface area is 130 Å². The van der Waals surface area contributed by atoms with Crippen LogP contribution in [-0.4, -0.2) is 35.1 Å². The van der Waals surface area contributed by atoms with E-state index in [4.69, 9.17) is 4.98 Å². The van der Waals surface area contributed by atoms with Crippen molar-refractivity contribution in [3.05, 3.63) is 10.6 Å². The van der Waals surface area contributed by atoms with Gasteiger partial charge in [0.1, 0.15) is 0 Å². The topological polar surface area (TPSA) is 28.2 Å². The number of hydrogen-bond acceptors (Lipinski definition) is 5. The SMILES string of the molecule is CCCc1nc(N2CCSCC2C)sc1CNC1CC1. The van der Waals surface area contributed by atoms with Crippen LogP contribution in [0.15, 0.2) is 0 Å². The van der Waals surface area contributed by atoms with Crippen LogP contribution in [0.4, 0.5) is 5.13 Å². The van der Waals surface area contributed by atoms with E-state index in [-0.39, 0.29) is 0 Å². The van der Waals surface area contributed by atoms with Gasteiger partial charge in [-0.2, -0.15) is 11.8 Å². The number of aromatic nitrogens is 1. The van der Waals surface area contributed by atoms with Crippen LogP contribution in [-0.2, 0) is 13.0 Å². The minimum atomic E-state index is 0.624. The molecule has 0 radical (unpaired) electrons. The summed E-state index contributed by atoms with van der Waals surface area (Å²) < 4.78 is 0. The fraction of sp³-hybridized carbons (Fsp3) is 0.800. The van der Waals surface area contributed by atoms with Crippen molar-refractivity contribution in [3.8, 4) is 0 Å². The van der Waals surface area contributed by atoms with E-state index >= 15 is 0 Å². The molecule has 0 amide bonds. The van der Waals surface area contributed by atoms with E-state index in [9.17, 15) is 0 Å². The monoisotopic (exact) mass is 311 g/mol. The Kier molecular flexibility index (Phi) is 4.89. The maximum Gasteiger partial charge on any atom is 0.186 e. The largest absolute Gasteiger partial charge is 0.344 e. The molecule has 3 nitrogen and oxygen atoms in total. The second-order valence-electron chi connectivity index (χ2n) is 5.89. The molecule has 1 aromatic rings. The summed E-state index contributed by atoms with van der Waals surface area (Å²) in [6, 6.07) is 1.40. The van der Waals surface area contributed by atoms with Crippen LogP contribution < -0.4 is 10.2 Å². The summed E-state index contributed by atoms with van der Waals surface area (Å²) in [7, 11) is 0. The van der Waals surface area contributed by atoms with Gasteiger partial charge in [0, 0.05) is 41.6 Å². The molecule has 1 saturated heterocycles. The number of thiazole rings is 1. The van der Waals surface area contributed by atoms with Crippen molar-refractivity contribution in [3.63, 3.8) is 0 Å². The summed E-state index contributed by atoms with van der Waals surface area (Å²) in [5.41, 5.74) is 1.34. The third-order valence-corrected chi connectivity index (χ3v) is 6.32. The molecule has 2 fully saturated rings. The molecule has 1 aromatic heterocycles. The first-order valence-corrected chi connectivity index (χ1v) is 9.81. The van der Waals surface area contributed by atoms with Crippen molar-refractivity contribution >= 4 is 28.2 Å². The molecular formula is C15H25N3S2. The third-order valence-electron chi connectivity index (χ3n) is 4.00. The number of hydrogen-bond donors (Lipinski definition) is 1. The Balaban J connectivity index is 1.73. The highest BCUT2D eigenvalue weighted by Gasteiger charge is 2.25. The second kappa shape index (κ2) is 6.67. The normalized spacial score (nSPS) is 23.3. The first-order chi connectivity index (χ1) is 9.78. The molecule has 20 heavy (non-hydrogen) atoms. The fourth-order valence-electron chi connectivity index (χ4n) is 2.60. The van der Waals surface area contributed by atoms with Crippen LogP contribution in [0.1, 0.15) is 43.7 Å². The number of rotatable bonds is 6. The molecular weight excluding hydrogens is 286 g/mol. The number of nitrogens with one attached hydrogen (secondary N) is 1. The van der Waals surface area contributed by atoms with Gasteiger partial charge in [0.15, 0.2) is 5.13 Å². The van der Waals surface area contributed by atoms with Crippen LogP contribution >= 0.6 is 23.1 Å². The number of aryl methyl sites for hydroxylation is 1. The van der Waals surface area contributed by atoms with E-state index in [2.05, 4.69) is 35.8 Å². The molecule has 1 atom stereocenters. The van der Waals surface area contributed by atoms with Gasteiger partial charge in [0.2, 0.25) is 0 Å². The van der Waals surface area contributed by atoms with Gasteiger partial charge >= 0.3 is 0 Å². The Morgan fingerprint density at radius 1 is 1.40 bits per heavy atom. The van der Waals surface area contributed by atoms with Gasteiger partial charge in [0.25, 0.3) is 0 Å². The summed E-state index contributed by atoms with van der Waals surface area (Å²) >= 11 is 3.99. The number of anilines is 1. The molecule has 2 aliphatic rings. The maximum absolute atomic E-state index is 4.97. The molecule has 5 heteroatoms. The lowest BCUT2D eigenvalue weighted by Crippen LogP contribution is -2.40. The Morgan fingerprint density at radius 3 is 2.95 bits per heavy atom. The van der Waals surface area contributed by atoms with Crippen LogP contribution in [0.5, 0.6) is 0 Å². The zero-order valence-electron chi connectivity index (χ0n) is 12.5. The first kappa shape index (κ1) is 14.7. The summed E-state index contributed by atoms with van der Waals surface area (Å²) in [4.78, 5) is 8.95. The highest BCUT2D eigenvalue weighted by Crippen LogP contribution is 2.32. The predicted molar refractivity (Wildman–Crippen MR) is 90.1 cm³/mol. The Morgan fingerprint density at radius 2 is 2.25 bits per heavy atom. The molecule has 1 N–H and O–H groups in total. The highest BCUT2D eigenvalue weighted by molar-refractivity contribution is 7.99. The van der Waals surface area contributed by atoms with Crippen LogP contribution in [0.25, 0.3) is 0 Å². The van der Waals surface area contributed by atoms with Gasteiger partial charge in [0.05, 0.1) is 5.69 Å². The second-order valence-corrected chi connectivity index (χ2v) is 8.10.